The largest absolute Gasteiger partial charge is 0.329 e. The molecule has 0 saturated heterocycles. The third kappa shape index (κ3) is 2.71. The Balaban J connectivity index is 2.57. The Morgan fingerprint density at radius 2 is 1.86 bits per heavy atom. The average Bonchev–Trinajstić information content (AvgIpc) is 2.65. The molecule has 0 aromatic heterocycles. The summed E-state index contributed by atoms with van der Waals surface area (Å²) in [6.07, 6.45) is 5.61. The molecule has 0 aromatic rings. The van der Waals surface area contributed by atoms with Gasteiger partial charge in [0.1, 0.15) is 0 Å². The van der Waals surface area contributed by atoms with Gasteiger partial charge in [0, 0.05) is 18.6 Å². The number of likely N-dealkylation sites (N-methyl/N-ethyl adjacent to an activating group) is 1. The lowest BCUT2D eigenvalue weighted by molar-refractivity contribution is 0.119. The first-order valence-corrected chi connectivity index (χ1v) is 6.16. The minimum absolute atomic E-state index is 0.627. The number of nitrogens with two attached hydrogens (primary N) is 1. The van der Waals surface area contributed by atoms with Crippen molar-refractivity contribution >= 4 is 0 Å². The van der Waals surface area contributed by atoms with E-state index in [9.17, 15) is 0 Å². The van der Waals surface area contributed by atoms with E-state index in [1.54, 1.807) is 0 Å². The van der Waals surface area contributed by atoms with Gasteiger partial charge in [-0.25, -0.2) is 0 Å². The molecule has 2 nitrogen and oxygen atoms in total. The van der Waals surface area contributed by atoms with Crippen LogP contribution in [0.25, 0.3) is 0 Å². The van der Waals surface area contributed by atoms with E-state index < -0.39 is 0 Å². The highest BCUT2D eigenvalue weighted by Gasteiger charge is 2.29. The molecule has 0 aromatic carbocycles. The molecule has 0 aliphatic heterocycles. The van der Waals surface area contributed by atoms with Crippen molar-refractivity contribution < 1.29 is 0 Å². The summed E-state index contributed by atoms with van der Waals surface area (Å²) in [6, 6.07) is 1.26. The predicted molar refractivity (Wildman–Crippen MR) is 62.3 cm³/mol. The summed E-state index contributed by atoms with van der Waals surface area (Å²) in [4.78, 5) is 2.57. The third-order valence-corrected chi connectivity index (χ3v) is 3.64. The fourth-order valence-electron chi connectivity index (χ4n) is 2.92. The molecule has 1 aliphatic rings. The standard InChI is InChI=1S/C12H26N2/c1-4-14(10(2)3)12(9-13)11-7-5-6-8-11/h10-12H,4-9,13H2,1-3H3. The fourth-order valence-corrected chi connectivity index (χ4v) is 2.92. The van der Waals surface area contributed by atoms with E-state index in [1.807, 2.05) is 0 Å². The van der Waals surface area contributed by atoms with Gasteiger partial charge in [0.25, 0.3) is 0 Å². The van der Waals surface area contributed by atoms with Crippen LogP contribution in [0.3, 0.4) is 0 Å². The van der Waals surface area contributed by atoms with Gasteiger partial charge in [-0.1, -0.05) is 19.8 Å². The molecular formula is C12H26N2. The lowest BCUT2D eigenvalue weighted by Crippen LogP contribution is -2.48. The van der Waals surface area contributed by atoms with Crippen LogP contribution in [-0.4, -0.2) is 30.1 Å². The van der Waals surface area contributed by atoms with E-state index in [0.717, 1.165) is 19.0 Å². The molecular weight excluding hydrogens is 172 g/mol. The van der Waals surface area contributed by atoms with Crippen LogP contribution in [0.2, 0.25) is 0 Å². The van der Waals surface area contributed by atoms with Gasteiger partial charge in [-0.2, -0.15) is 0 Å². The first kappa shape index (κ1) is 12.0. The predicted octanol–water partition coefficient (Wildman–Crippen LogP) is 2.23. The highest BCUT2D eigenvalue weighted by molar-refractivity contribution is 4.84. The minimum Gasteiger partial charge on any atom is -0.329 e. The van der Waals surface area contributed by atoms with Gasteiger partial charge in [0.15, 0.2) is 0 Å². The molecule has 0 amide bonds. The van der Waals surface area contributed by atoms with Gasteiger partial charge in [0.2, 0.25) is 0 Å². The van der Waals surface area contributed by atoms with E-state index in [1.165, 1.54) is 25.7 Å². The molecule has 1 aliphatic carbocycles. The van der Waals surface area contributed by atoms with Crippen molar-refractivity contribution in [2.45, 2.75) is 58.5 Å². The van der Waals surface area contributed by atoms with E-state index in [0.29, 0.717) is 12.1 Å². The van der Waals surface area contributed by atoms with E-state index in [2.05, 4.69) is 25.7 Å². The highest BCUT2D eigenvalue weighted by Crippen LogP contribution is 2.30. The SMILES string of the molecule is CCN(C(C)C)C(CN)C1CCCC1. The lowest BCUT2D eigenvalue weighted by Gasteiger charge is -2.37. The second kappa shape index (κ2) is 5.72. The third-order valence-electron chi connectivity index (χ3n) is 3.64. The zero-order valence-electron chi connectivity index (χ0n) is 10.00. The maximum atomic E-state index is 5.93. The monoisotopic (exact) mass is 198 g/mol. The molecule has 0 bridgehead atoms. The Morgan fingerprint density at radius 1 is 1.29 bits per heavy atom. The Kier molecular flexibility index (Phi) is 4.90. The fraction of sp³-hybridized carbons (Fsp3) is 1.00. The molecule has 1 atom stereocenters. The number of hydrogen-bond acceptors (Lipinski definition) is 2. The van der Waals surface area contributed by atoms with Crippen LogP contribution in [-0.2, 0) is 0 Å². The summed E-state index contributed by atoms with van der Waals surface area (Å²) in [5.74, 6) is 0.863. The van der Waals surface area contributed by atoms with Gasteiger partial charge < -0.3 is 5.73 Å². The summed E-state index contributed by atoms with van der Waals surface area (Å²) < 4.78 is 0. The van der Waals surface area contributed by atoms with Crippen molar-refractivity contribution in [3.8, 4) is 0 Å². The maximum Gasteiger partial charge on any atom is 0.0249 e. The van der Waals surface area contributed by atoms with Crippen molar-refractivity contribution in [2.24, 2.45) is 11.7 Å². The maximum absolute atomic E-state index is 5.93. The Morgan fingerprint density at radius 3 is 2.21 bits per heavy atom. The molecule has 1 unspecified atom stereocenters. The summed E-state index contributed by atoms with van der Waals surface area (Å²) in [6.45, 7) is 8.77. The topological polar surface area (TPSA) is 29.3 Å². The molecule has 2 heteroatoms. The van der Waals surface area contributed by atoms with Crippen LogP contribution in [0.5, 0.6) is 0 Å². The Labute approximate surface area is 88.8 Å². The van der Waals surface area contributed by atoms with Crippen molar-refractivity contribution in [2.75, 3.05) is 13.1 Å². The zero-order chi connectivity index (χ0) is 10.6. The van der Waals surface area contributed by atoms with Gasteiger partial charge in [0.05, 0.1) is 0 Å². The normalized spacial score (nSPS) is 21.0. The number of rotatable bonds is 5. The first-order chi connectivity index (χ1) is 6.70. The summed E-state index contributed by atoms with van der Waals surface area (Å²) in [5, 5.41) is 0. The van der Waals surface area contributed by atoms with E-state index in [4.69, 9.17) is 5.73 Å². The van der Waals surface area contributed by atoms with Crippen LogP contribution in [0, 0.1) is 5.92 Å². The van der Waals surface area contributed by atoms with Gasteiger partial charge in [-0.05, 0) is 39.2 Å². The van der Waals surface area contributed by atoms with Crippen molar-refractivity contribution in [1.29, 1.82) is 0 Å². The molecule has 1 rings (SSSR count). The minimum atomic E-state index is 0.627. The Bertz CT molecular complexity index is 150. The van der Waals surface area contributed by atoms with Gasteiger partial charge >= 0.3 is 0 Å². The summed E-state index contributed by atoms with van der Waals surface area (Å²) >= 11 is 0. The lowest BCUT2D eigenvalue weighted by atomic mass is 9.95. The van der Waals surface area contributed by atoms with Crippen molar-refractivity contribution in [3.05, 3.63) is 0 Å². The highest BCUT2D eigenvalue weighted by atomic mass is 15.2. The molecule has 0 heterocycles. The molecule has 0 radical (unpaired) electrons. The van der Waals surface area contributed by atoms with Crippen LogP contribution in [0.15, 0.2) is 0 Å². The summed E-state index contributed by atoms with van der Waals surface area (Å²) in [7, 11) is 0. The molecule has 1 saturated carbocycles. The molecule has 1 fully saturated rings. The van der Waals surface area contributed by atoms with Gasteiger partial charge in [-0.15, -0.1) is 0 Å². The van der Waals surface area contributed by atoms with Crippen LogP contribution in [0.4, 0.5) is 0 Å². The molecule has 84 valence electrons. The second-order valence-corrected chi connectivity index (χ2v) is 4.77. The van der Waals surface area contributed by atoms with Crippen molar-refractivity contribution in [1.82, 2.24) is 4.90 Å². The second-order valence-electron chi connectivity index (χ2n) is 4.77. The number of hydrogen-bond donors (Lipinski definition) is 1. The number of nitrogens with zero attached hydrogens (tertiary/aromatic N) is 1. The van der Waals surface area contributed by atoms with E-state index >= 15 is 0 Å². The summed E-state index contributed by atoms with van der Waals surface area (Å²) in [5.41, 5.74) is 5.93. The first-order valence-electron chi connectivity index (χ1n) is 6.16. The molecule has 2 N–H and O–H groups in total. The zero-order valence-corrected chi connectivity index (χ0v) is 10.00. The van der Waals surface area contributed by atoms with Crippen LogP contribution < -0.4 is 5.73 Å². The van der Waals surface area contributed by atoms with Gasteiger partial charge in [-0.3, -0.25) is 4.90 Å². The van der Waals surface area contributed by atoms with E-state index in [-0.39, 0.29) is 0 Å². The smallest absolute Gasteiger partial charge is 0.0249 e. The van der Waals surface area contributed by atoms with Crippen LogP contribution in [0.1, 0.15) is 46.5 Å². The van der Waals surface area contributed by atoms with Crippen molar-refractivity contribution in [3.63, 3.8) is 0 Å². The molecule has 14 heavy (non-hydrogen) atoms. The molecule has 0 spiro atoms. The Hall–Kier alpha value is -0.0800. The average molecular weight is 198 g/mol. The quantitative estimate of drug-likeness (QED) is 0.734. The van der Waals surface area contributed by atoms with Crippen LogP contribution >= 0.6 is 0 Å².